The highest BCUT2D eigenvalue weighted by atomic mass is 14.9. The summed E-state index contributed by atoms with van der Waals surface area (Å²) in [6.07, 6.45) is 6.87. The molecule has 10 aromatic rings. The summed E-state index contributed by atoms with van der Waals surface area (Å²) >= 11 is 0. The van der Waals surface area contributed by atoms with Gasteiger partial charge in [0.25, 0.3) is 0 Å². The van der Waals surface area contributed by atoms with Gasteiger partial charge >= 0.3 is 0 Å². The van der Waals surface area contributed by atoms with Crippen LogP contribution in [0.25, 0.3) is 56.3 Å². The van der Waals surface area contributed by atoms with E-state index in [1.165, 1.54) is 87.7 Å². The minimum Gasteiger partial charge on any atom is -0.201 e. The van der Waals surface area contributed by atoms with Gasteiger partial charge in [0.1, 0.15) is 35.2 Å². The van der Waals surface area contributed by atoms with E-state index >= 15 is 0 Å². The lowest BCUT2D eigenvalue weighted by Gasteiger charge is -2.17. The van der Waals surface area contributed by atoms with Crippen LogP contribution in [-0.4, -0.2) is 0 Å². The molecule has 0 radical (unpaired) electrons. The van der Waals surface area contributed by atoms with E-state index < -0.39 is 32.8 Å². The maximum atomic E-state index is 7.98. The Balaban J connectivity index is 0.000000196. The van der Waals surface area contributed by atoms with Crippen LogP contribution in [0.2, 0.25) is 0 Å². The van der Waals surface area contributed by atoms with Crippen LogP contribution in [-0.2, 0) is 67.2 Å². The molecule has 10 rings (SSSR count). The summed E-state index contributed by atoms with van der Waals surface area (Å²) in [5.74, 6) is 0. The van der Waals surface area contributed by atoms with Gasteiger partial charge in [-0.25, -0.2) is 22.8 Å². The molecule has 0 fully saturated rings. The molecule has 0 amide bonds. The molecule has 0 unspecified atom stereocenters. The molecule has 0 atom stereocenters. The highest BCUT2D eigenvalue weighted by Crippen LogP contribution is 2.27. The van der Waals surface area contributed by atoms with E-state index in [4.69, 9.17) is 16.4 Å². The third-order valence-corrected chi connectivity index (χ3v) is 15.8. The van der Waals surface area contributed by atoms with E-state index in [9.17, 15) is 0 Å². The molecular formula is C82H104N5+5. The number of benzene rings is 5. The Hall–Kier alpha value is -8.15. The first-order valence-corrected chi connectivity index (χ1v) is 30.2. The average Bonchev–Trinajstić information content (AvgIpc) is 0.780. The Morgan fingerprint density at radius 1 is 0.322 bits per heavy atom. The molecule has 452 valence electrons. The van der Waals surface area contributed by atoms with Crippen molar-refractivity contribution in [3.05, 3.63) is 267 Å². The predicted octanol–water partition coefficient (Wildman–Crippen LogP) is 17.5. The van der Waals surface area contributed by atoms with Gasteiger partial charge in [0.15, 0.2) is 31.0 Å². The Bertz CT molecular complexity index is 4320. The lowest BCUT2D eigenvalue weighted by atomic mass is 9.88. The number of aromatic nitrogens is 5. The molecular weight excluding hydrogens is 1050 g/mol. The number of aryl methyl sites for hydroxylation is 18. The van der Waals surface area contributed by atoms with Crippen molar-refractivity contribution < 1.29 is 39.3 Å². The molecule has 5 aromatic carbocycles. The Morgan fingerprint density at radius 3 is 0.931 bits per heavy atom. The van der Waals surface area contributed by atoms with Gasteiger partial charge in [0.2, 0.25) is 28.5 Å². The van der Waals surface area contributed by atoms with Gasteiger partial charge in [-0.1, -0.05) is 139 Å². The van der Waals surface area contributed by atoms with Gasteiger partial charge in [-0.15, -0.1) is 0 Å². The molecule has 0 aliphatic carbocycles. The summed E-state index contributed by atoms with van der Waals surface area (Å²) in [6, 6.07) is 53.1. The number of nitrogens with zero attached hydrogens (tertiary/aromatic N) is 5. The summed E-state index contributed by atoms with van der Waals surface area (Å²) in [5.41, 5.74) is 23.8. The average molecular weight is 1170 g/mol. The van der Waals surface area contributed by atoms with E-state index in [0.717, 1.165) is 63.3 Å². The SMILES string of the molecule is CCc1c[n+](C)c(-c2ccccc2C)cc1C.Cc1ccccc1-c1ccc(CC(C)(C)C)c[n+]1C.[2H]C([2H])(C)c1c[n+](C)c(-c2ccccc2C)cc1C.[2H]C([2H])([2H])c1c[n+](C)c(-c2ccccc2C)cc1C([2H])([2H])C.[2H]C([2H])([2H])c1c[n+](C)c(-c2ccccc2C)cc1C([2H])([2H])C. The van der Waals surface area contributed by atoms with Crippen LogP contribution in [0.1, 0.15) is 143 Å². The minimum atomic E-state index is -2.35. The molecule has 0 N–H and O–H groups in total. The van der Waals surface area contributed by atoms with E-state index in [2.05, 4.69) is 176 Å². The van der Waals surface area contributed by atoms with Crippen LogP contribution in [0.5, 0.6) is 0 Å². The molecule has 5 heteroatoms. The van der Waals surface area contributed by atoms with Gasteiger partial charge in [-0.3, -0.25) is 0 Å². The normalized spacial score (nSPS) is 13.6. The van der Waals surface area contributed by atoms with Crippen molar-refractivity contribution in [3.63, 3.8) is 0 Å². The van der Waals surface area contributed by atoms with Crippen LogP contribution in [0.15, 0.2) is 189 Å². The number of hydrogen-bond donors (Lipinski definition) is 0. The van der Waals surface area contributed by atoms with Crippen molar-refractivity contribution in [2.75, 3.05) is 0 Å². The summed E-state index contributed by atoms with van der Waals surface area (Å²) in [4.78, 5) is 0. The van der Waals surface area contributed by atoms with Crippen LogP contribution >= 0.6 is 0 Å². The quantitative estimate of drug-likeness (QED) is 0.122. The van der Waals surface area contributed by atoms with Crippen molar-refractivity contribution in [1.29, 1.82) is 0 Å². The smallest absolute Gasteiger partial charge is 0.201 e. The second-order valence-corrected chi connectivity index (χ2v) is 24.0. The third-order valence-electron chi connectivity index (χ3n) is 15.8. The second-order valence-electron chi connectivity index (χ2n) is 24.0. The maximum Gasteiger partial charge on any atom is 0.212 e. The van der Waals surface area contributed by atoms with Gasteiger partial charge in [-0.05, 0) is 186 Å². The van der Waals surface area contributed by atoms with E-state index in [1.54, 1.807) is 42.3 Å². The first kappa shape index (κ1) is 52.0. The van der Waals surface area contributed by atoms with E-state index in [1.807, 2.05) is 99.2 Å². The zero-order chi connectivity index (χ0) is 74.1. The number of pyridine rings is 5. The maximum absolute atomic E-state index is 7.98. The van der Waals surface area contributed by atoms with Crippen LogP contribution in [0.3, 0.4) is 0 Å². The fraction of sp³-hybridized carbons (Fsp3) is 0.329. The third kappa shape index (κ3) is 18.2. The molecule has 0 aliphatic rings. The van der Waals surface area contributed by atoms with E-state index in [0.29, 0.717) is 5.41 Å². The van der Waals surface area contributed by atoms with Crippen LogP contribution in [0, 0.1) is 67.6 Å². The molecule has 5 aromatic heterocycles. The first-order chi connectivity index (χ1) is 45.8. The highest BCUT2D eigenvalue weighted by Gasteiger charge is 2.20. The van der Waals surface area contributed by atoms with Crippen LogP contribution < -0.4 is 22.8 Å². The monoisotopic (exact) mass is 1170 g/mol. The fourth-order valence-corrected chi connectivity index (χ4v) is 10.9. The summed E-state index contributed by atoms with van der Waals surface area (Å²) < 4.78 is 104. The molecule has 0 spiro atoms. The van der Waals surface area contributed by atoms with Crippen molar-refractivity contribution in [2.24, 2.45) is 40.7 Å². The first-order valence-electron chi connectivity index (χ1n) is 36.2. The topological polar surface area (TPSA) is 19.4 Å². The Kier molecular flexibility index (Phi) is 18.8. The molecule has 0 aliphatic heterocycles. The zero-order valence-corrected chi connectivity index (χ0v) is 55.5. The van der Waals surface area contributed by atoms with Crippen molar-refractivity contribution in [2.45, 2.75) is 143 Å². The molecule has 5 nitrogen and oxygen atoms in total. The number of hydrogen-bond acceptors (Lipinski definition) is 0. The fourth-order valence-electron chi connectivity index (χ4n) is 10.9. The van der Waals surface area contributed by atoms with Gasteiger partial charge < -0.3 is 0 Å². The van der Waals surface area contributed by atoms with Crippen molar-refractivity contribution >= 4 is 0 Å². The summed E-state index contributed by atoms with van der Waals surface area (Å²) in [7, 11) is 9.79. The van der Waals surface area contributed by atoms with Gasteiger partial charge in [-0.2, -0.15) is 0 Å². The van der Waals surface area contributed by atoms with Crippen molar-refractivity contribution in [3.8, 4) is 56.3 Å². The molecule has 0 saturated heterocycles. The Labute approximate surface area is 543 Å². The largest absolute Gasteiger partial charge is 0.212 e. The van der Waals surface area contributed by atoms with E-state index in [-0.39, 0.29) is 22.3 Å². The summed E-state index contributed by atoms with van der Waals surface area (Å²) in [6.45, 7) is 23.3. The minimum absolute atomic E-state index is 0.0554. The predicted molar refractivity (Wildman–Crippen MR) is 369 cm³/mol. The number of rotatable bonds is 10. The molecule has 0 bridgehead atoms. The highest BCUT2D eigenvalue weighted by molar-refractivity contribution is 5.65. The Morgan fingerprint density at radius 2 is 0.621 bits per heavy atom. The molecule has 5 heterocycles. The molecule has 87 heavy (non-hydrogen) atoms. The lowest BCUT2D eigenvalue weighted by molar-refractivity contribution is -0.661. The van der Waals surface area contributed by atoms with Gasteiger partial charge in [0, 0.05) is 102 Å². The standard InChI is InChI=1S/C18H24N.4C16H20N/c1-14-8-6-7-9-16(14)17-11-10-15(13-19(17)5)12-18(2,3)4;2*1-5-14-10-16(17(4)11-13(14)3)15-9-7-6-8-12(15)2;2*1-5-14-11-17(4)16(10-13(14)3)15-9-7-6-8-12(15)2/h6-11,13H,12H2,1-5H3;4*6-11H,5H2,1-4H3/q5*+1/i;2*3D3,5D2;5D2;. The zero-order valence-electron chi connectivity index (χ0n) is 67.5. The van der Waals surface area contributed by atoms with Crippen LogP contribution in [0.4, 0.5) is 0 Å². The summed E-state index contributed by atoms with van der Waals surface area (Å²) in [5, 5.41) is 0. The molecule has 0 saturated carbocycles. The van der Waals surface area contributed by atoms with Gasteiger partial charge in [0.05, 0.1) is 0 Å². The second kappa shape index (κ2) is 31.5. The lowest BCUT2D eigenvalue weighted by Crippen LogP contribution is -2.32. The van der Waals surface area contributed by atoms with Crippen molar-refractivity contribution in [1.82, 2.24) is 0 Å².